The summed E-state index contributed by atoms with van der Waals surface area (Å²) < 4.78 is 23.1. The Kier molecular flexibility index (Phi) is 8.67. The van der Waals surface area contributed by atoms with Crippen molar-refractivity contribution in [2.45, 2.75) is 57.6 Å². The molecule has 0 aliphatic carbocycles. The third-order valence-corrected chi connectivity index (χ3v) is 5.36. The normalized spacial score (nSPS) is 15.0. The van der Waals surface area contributed by atoms with Crippen LogP contribution in [0.3, 0.4) is 0 Å². The first kappa shape index (κ1) is 22.6. The van der Waals surface area contributed by atoms with Crippen molar-refractivity contribution in [2.75, 3.05) is 0 Å². The van der Waals surface area contributed by atoms with E-state index in [1.54, 1.807) is 13.8 Å². The maximum Gasteiger partial charge on any atom is 0.354 e. The molecule has 0 unspecified atom stereocenters. The molecule has 0 saturated carbocycles. The van der Waals surface area contributed by atoms with E-state index in [9.17, 15) is 19.5 Å². The summed E-state index contributed by atoms with van der Waals surface area (Å²) >= 11 is 0. The predicted octanol–water partition coefficient (Wildman–Crippen LogP) is 4.48. The van der Waals surface area contributed by atoms with Gasteiger partial charge in [0.15, 0.2) is 5.85 Å². The van der Waals surface area contributed by atoms with Crippen molar-refractivity contribution in [3.8, 4) is 11.5 Å². The summed E-state index contributed by atoms with van der Waals surface area (Å²) in [5, 5.41) is 9.41. The lowest BCUT2D eigenvalue weighted by atomic mass is 10.1. The molecule has 0 radical (unpaired) electrons. The summed E-state index contributed by atoms with van der Waals surface area (Å²) in [6, 6.07) is 17.1. The fourth-order valence-electron chi connectivity index (χ4n) is 2.99. The fraction of sp³-hybridized carbons (Fsp3) is 0.429. The molecule has 0 bridgehead atoms. The number of ether oxygens (including phenoxy) is 2. The van der Waals surface area contributed by atoms with Crippen LogP contribution >= 0.6 is 7.60 Å². The third-order valence-electron chi connectivity index (χ3n) is 4.23. The minimum absolute atomic E-state index is 0.234. The molecule has 0 aliphatic rings. The quantitative estimate of drug-likeness (QED) is 0.475. The maximum absolute atomic E-state index is 11.7. The number of hydrogen-bond acceptors (Lipinski definition) is 4. The van der Waals surface area contributed by atoms with Crippen LogP contribution in [0.25, 0.3) is 0 Å². The average molecular weight is 408 g/mol. The Morgan fingerprint density at radius 3 is 2.32 bits per heavy atom. The average Bonchev–Trinajstić information content (AvgIpc) is 2.60. The molecular formula is C21H29O6P. The smallest absolute Gasteiger partial charge is 0.354 e. The summed E-state index contributed by atoms with van der Waals surface area (Å²) in [5.74, 6) is 0.309. The zero-order valence-corrected chi connectivity index (χ0v) is 17.2. The Bertz CT molecular complexity index is 759. The van der Waals surface area contributed by atoms with Gasteiger partial charge in [0.05, 0.1) is 12.2 Å². The molecule has 2 rings (SSSR count). The molecule has 0 amide bonds. The van der Waals surface area contributed by atoms with Gasteiger partial charge in [0.1, 0.15) is 11.5 Å². The van der Waals surface area contributed by atoms with Gasteiger partial charge in [0.2, 0.25) is 0 Å². The Balaban J connectivity index is 1.91. The van der Waals surface area contributed by atoms with Gasteiger partial charge in [0, 0.05) is 0 Å². The molecule has 28 heavy (non-hydrogen) atoms. The highest BCUT2D eigenvalue weighted by Crippen LogP contribution is 2.45. The summed E-state index contributed by atoms with van der Waals surface area (Å²) in [4.78, 5) is 19.1. The SMILES string of the molecule is C[C@H](C[C@@H](C)O)O[C@@H](CCCc1cccc(Oc2ccccc2)c1)P(=O)(O)O. The van der Waals surface area contributed by atoms with Gasteiger partial charge in [-0.25, -0.2) is 0 Å². The van der Waals surface area contributed by atoms with E-state index in [0.29, 0.717) is 19.3 Å². The summed E-state index contributed by atoms with van der Waals surface area (Å²) in [6.45, 7) is 3.33. The van der Waals surface area contributed by atoms with Crippen LogP contribution in [0.2, 0.25) is 0 Å². The maximum atomic E-state index is 11.7. The molecule has 2 aromatic carbocycles. The highest BCUT2D eigenvalue weighted by molar-refractivity contribution is 7.52. The molecule has 3 N–H and O–H groups in total. The Labute approximate surface area is 166 Å². The van der Waals surface area contributed by atoms with Crippen molar-refractivity contribution in [1.82, 2.24) is 0 Å². The molecule has 6 nitrogen and oxygen atoms in total. The highest BCUT2D eigenvalue weighted by Gasteiger charge is 2.31. The van der Waals surface area contributed by atoms with E-state index in [2.05, 4.69) is 0 Å². The van der Waals surface area contributed by atoms with Crippen molar-refractivity contribution < 1.29 is 28.9 Å². The molecule has 3 atom stereocenters. The second kappa shape index (κ2) is 10.7. The van der Waals surface area contributed by atoms with E-state index in [1.807, 2.05) is 54.6 Å². The van der Waals surface area contributed by atoms with Gasteiger partial charge in [-0.2, -0.15) is 0 Å². The fourth-order valence-corrected chi connectivity index (χ4v) is 3.87. The molecule has 0 aliphatic heterocycles. The number of para-hydroxylation sites is 1. The topological polar surface area (TPSA) is 96.2 Å². The van der Waals surface area contributed by atoms with Crippen LogP contribution in [0.4, 0.5) is 0 Å². The molecule has 0 fully saturated rings. The zero-order chi connectivity index (χ0) is 20.6. The second-order valence-corrected chi connectivity index (χ2v) is 8.78. The Morgan fingerprint density at radius 2 is 1.68 bits per heavy atom. The van der Waals surface area contributed by atoms with Gasteiger partial charge in [-0.05, 0) is 69.4 Å². The Morgan fingerprint density at radius 1 is 1.00 bits per heavy atom. The van der Waals surface area contributed by atoms with Crippen LogP contribution in [0.5, 0.6) is 11.5 Å². The van der Waals surface area contributed by atoms with Gasteiger partial charge in [-0.15, -0.1) is 0 Å². The van der Waals surface area contributed by atoms with Gasteiger partial charge >= 0.3 is 7.60 Å². The monoisotopic (exact) mass is 408 g/mol. The van der Waals surface area contributed by atoms with Crippen LogP contribution in [-0.4, -0.2) is 32.9 Å². The van der Waals surface area contributed by atoms with E-state index in [0.717, 1.165) is 17.1 Å². The van der Waals surface area contributed by atoms with Gasteiger partial charge in [0.25, 0.3) is 0 Å². The lowest BCUT2D eigenvalue weighted by Crippen LogP contribution is -2.23. The largest absolute Gasteiger partial charge is 0.457 e. The van der Waals surface area contributed by atoms with Crippen molar-refractivity contribution >= 4 is 7.60 Å². The van der Waals surface area contributed by atoms with E-state index >= 15 is 0 Å². The minimum atomic E-state index is -4.38. The van der Waals surface area contributed by atoms with E-state index in [-0.39, 0.29) is 6.42 Å². The van der Waals surface area contributed by atoms with Crippen LogP contribution < -0.4 is 4.74 Å². The van der Waals surface area contributed by atoms with Crippen LogP contribution in [-0.2, 0) is 15.7 Å². The molecule has 7 heteroatoms. The molecular weight excluding hydrogens is 379 g/mol. The highest BCUT2D eigenvalue weighted by atomic mass is 31.2. The first-order valence-corrected chi connectivity index (χ1v) is 11.1. The van der Waals surface area contributed by atoms with Crippen molar-refractivity contribution in [3.63, 3.8) is 0 Å². The first-order chi connectivity index (χ1) is 13.2. The van der Waals surface area contributed by atoms with Crippen LogP contribution in [0.1, 0.15) is 38.7 Å². The summed E-state index contributed by atoms with van der Waals surface area (Å²) in [6.07, 6.45) is 0.760. The molecule has 0 heterocycles. The van der Waals surface area contributed by atoms with Gasteiger partial charge in [-0.1, -0.05) is 30.3 Å². The van der Waals surface area contributed by atoms with Crippen molar-refractivity contribution in [2.24, 2.45) is 0 Å². The van der Waals surface area contributed by atoms with Gasteiger partial charge in [-0.3, -0.25) is 4.57 Å². The van der Waals surface area contributed by atoms with Crippen LogP contribution in [0.15, 0.2) is 54.6 Å². The number of aliphatic hydroxyl groups excluding tert-OH is 1. The summed E-state index contributed by atoms with van der Waals surface area (Å²) in [5.41, 5.74) is 1.02. The zero-order valence-electron chi connectivity index (χ0n) is 16.3. The third kappa shape index (κ3) is 8.13. The molecule has 0 aromatic heterocycles. The lowest BCUT2D eigenvalue weighted by molar-refractivity contribution is -0.00260. The number of hydrogen-bond donors (Lipinski definition) is 3. The lowest BCUT2D eigenvalue weighted by Gasteiger charge is -2.24. The van der Waals surface area contributed by atoms with Crippen molar-refractivity contribution in [1.29, 1.82) is 0 Å². The first-order valence-electron chi connectivity index (χ1n) is 9.44. The molecule has 154 valence electrons. The molecule has 0 spiro atoms. The molecule has 0 saturated heterocycles. The number of aliphatic hydroxyl groups is 1. The Hall–Kier alpha value is -1.69. The van der Waals surface area contributed by atoms with E-state index in [1.165, 1.54) is 0 Å². The minimum Gasteiger partial charge on any atom is -0.457 e. The summed E-state index contributed by atoms with van der Waals surface area (Å²) in [7, 11) is -4.38. The van der Waals surface area contributed by atoms with E-state index in [4.69, 9.17) is 9.47 Å². The number of aryl methyl sites for hydroxylation is 1. The van der Waals surface area contributed by atoms with Crippen LogP contribution in [0, 0.1) is 0 Å². The van der Waals surface area contributed by atoms with Crippen molar-refractivity contribution in [3.05, 3.63) is 60.2 Å². The van der Waals surface area contributed by atoms with Gasteiger partial charge < -0.3 is 24.4 Å². The predicted molar refractivity (Wildman–Crippen MR) is 109 cm³/mol. The number of benzene rings is 2. The second-order valence-electron chi connectivity index (χ2n) is 7.03. The standard InChI is InChI=1S/C21H29O6P/c1-16(22)14-17(2)26-21(28(23,24)25)13-7-9-18-8-6-12-20(15-18)27-19-10-4-3-5-11-19/h3-6,8,10-12,15-17,21-22H,7,9,13-14H2,1-2H3,(H2,23,24,25)/t16-,17-,21-/m1/s1. The molecule has 2 aromatic rings. The van der Waals surface area contributed by atoms with E-state index < -0.39 is 25.6 Å². The number of rotatable bonds is 11.